The number of ether oxygens (including phenoxy) is 1. The molecule has 0 amide bonds. The predicted octanol–water partition coefficient (Wildman–Crippen LogP) is 1.68. The fourth-order valence-electron chi connectivity index (χ4n) is 1.26. The Kier molecular flexibility index (Phi) is 3.25. The van der Waals surface area contributed by atoms with E-state index in [4.69, 9.17) is 4.74 Å². The van der Waals surface area contributed by atoms with Crippen LogP contribution in [0.25, 0.3) is 0 Å². The van der Waals surface area contributed by atoms with Gasteiger partial charge in [-0.25, -0.2) is 4.98 Å². The summed E-state index contributed by atoms with van der Waals surface area (Å²) < 4.78 is 5.03. The monoisotopic (exact) mass is 180 g/mol. The molecule has 0 spiro atoms. The second-order valence-corrected chi connectivity index (χ2v) is 3.09. The lowest BCUT2D eigenvalue weighted by atomic mass is 10.1. The molecule has 3 heteroatoms. The quantitative estimate of drug-likeness (QED) is 0.768. The number of aryl methyl sites for hydroxylation is 1. The van der Waals surface area contributed by atoms with E-state index in [0.29, 0.717) is 11.9 Å². The van der Waals surface area contributed by atoms with Crippen LogP contribution in [0.2, 0.25) is 0 Å². The summed E-state index contributed by atoms with van der Waals surface area (Å²) >= 11 is 0. The van der Waals surface area contributed by atoms with E-state index in [1.807, 2.05) is 19.3 Å². The summed E-state index contributed by atoms with van der Waals surface area (Å²) in [5.74, 6) is 0.671. The number of nitrogens with one attached hydrogen (secondary N) is 1. The van der Waals surface area contributed by atoms with Crippen LogP contribution in [0.5, 0.6) is 5.88 Å². The van der Waals surface area contributed by atoms with Gasteiger partial charge >= 0.3 is 0 Å². The molecule has 0 aliphatic heterocycles. The Morgan fingerprint density at radius 1 is 1.54 bits per heavy atom. The minimum absolute atomic E-state index is 0.332. The first-order valence-electron chi connectivity index (χ1n) is 4.36. The zero-order chi connectivity index (χ0) is 9.84. The normalized spacial score (nSPS) is 12.6. The number of nitrogens with zero attached hydrogens (tertiary/aromatic N) is 1. The third-order valence-corrected chi connectivity index (χ3v) is 2.23. The van der Waals surface area contributed by atoms with Gasteiger partial charge in [-0.05, 0) is 32.0 Å². The van der Waals surface area contributed by atoms with Gasteiger partial charge in [0.25, 0.3) is 0 Å². The molecular weight excluding hydrogens is 164 g/mol. The molecule has 1 heterocycles. The number of pyridine rings is 1. The van der Waals surface area contributed by atoms with E-state index in [9.17, 15) is 0 Å². The van der Waals surface area contributed by atoms with E-state index in [1.165, 1.54) is 11.1 Å². The summed E-state index contributed by atoms with van der Waals surface area (Å²) in [4.78, 5) is 4.16. The van der Waals surface area contributed by atoms with Crippen molar-refractivity contribution in [2.24, 2.45) is 0 Å². The standard InChI is InChI=1S/C10H16N2O/c1-7-5-10(13-4)12-6-9(7)8(2)11-3/h5-6,8,11H,1-4H3. The van der Waals surface area contributed by atoms with Crippen molar-refractivity contribution in [3.63, 3.8) is 0 Å². The lowest BCUT2D eigenvalue weighted by Crippen LogP contribution is -2.13. The average molecular weight is 180 g/mol. The number of methoxy groups -OCH3 is 1. The molecule has 1 aromatic heterocycles. The van der Waals surface area contributed by atoms with Crippen LogP contribution in [0.15, 0.2) is 12.3 Å². The highest BCUT2D eigenvalue weighted by Gasteiger charge is 2.07. The van der Waals surface area contributed by atoms with Crippen LogP contribution >= 0.6 is 0 Å². The third-order valence-electron chi connectivity index (χ3n) is 2.23. The van der Waals surface area contributed by atoms with Crippen LogP contribution in [0.3, 0.4) is 0 Å². The Labute approximate surface area is 79.1 Å². The van der Waals surface area contributed by atoms with Crippen LogP contribution in [-0.4, -0.2) is 19.1 Å². The molecule has 0 radical (unpaired) electrons. The molecule has 0 saturated heterocycles. The molecule has 0 aliphatic rings. The Bertz CT molecular complexity index is 286. The van der Waals surface area contributed by atoms with Crippen LogP contribution < -0.4 is 10.1 Å². The molecule has 0 bridgehead atoms. The number of hydrogen-bond donors (Lipinski definition) is 1. The molecule has 1 N–H and O–H groups in total. The molecule has 0 aliphatic carbocycles. The van der Waals surface area contributed by atoms with Gasteiger partial charge in [0.2, 0.25) is 5.88 Å². The molecular formula is C10H16N2O. The molecule has 1 rings (SSSR count). The summed E-state index contributed by atoms with van der Waals surface area (Å²) in [7, 11) is 3.57. The fraction of sp³-hybridized carbons (Fsp3) is 0.500. The molecule has 0 fully saturated rings. The van der Waals surface area contributed by atoms with Crippen molar-refractivity contribution in [2.45, 2.75) is 19.9 Å². The molecule has 0 aromatic carbocycles. The summed E-state index contributed by atoms with van der Waals surface area (Å²) in [6, 6.07) is 2.28. The highest BCUT2D eigenvalue weighted by Crippen LogP contribution is 2.19. The Hall–Kier alpha value is -1.09. The first-order valence-corrected chi connectivity index (χ1v) is 4.36. The maximum absolute atomic E-state index is 5.03. The van der Waals surface area contributed by atoms with Gasteiger partial charge in [0.1, 0.15) is 0 Å². The number of hydrogen-bond acceptors (Lipinski definition) is 3. The Balaban J connectivity index is 2.98. The van der Waals surface area contributed by atoms with E-state index in [1.54, 1.807) is 7.11 Å². The fourth-order valence-corrected chi connectivity index (χ4v) is 1.26. The van der Waals surface area contributed by atoms with E-state index in [-0.39, 0.29) is 0 Å². The highest BCUT2D eigenvalue weighted by molar-refractivity contribution is 5.30. The largest absolute Gasteiger partial charge is 0.481 e. The first-order chi connectivity index (χ1) is 6.19. The zero-order valence-electron chi connectivity index (χ0n) is 8.59. The van der Waals surface area contributed by atoms with Gasteiger partial charge in [0.15, 0.2) is 0 Å². The Morgan fingerprint density at radius 2 is 2.23 bits per heavy atom. The van der Waals surface area contributed by atoms with Crippen molar-refractivity contribution >= 4 is 0 Å². The molecule has 0 saturated carbocycles. The summed E-state index contributed by atoms with van der Waals surface area (Å²) in [6.45, 7) is 4.17. The average Bonchev–Trinajstić information content (AvgIpc) is 2.16. The maximum Gasteiger partial charge on any atom is 0.213 e. The summed E-state index contributed by atoms with van der Waals surface area (Å²) in [6.07, 6.45) is 1.86. The minimum atomic E-state index is 0.332. The first kappa shape index (κ1) is 9.99. The van der Waals surface area contributed by atoms with Crippen LogP contribution in [0.1, 0.15) is 24.1 Å². The van der Waals surface area contributed by atoms with Crippen molar-refractivity contribution in [2.75, 3.05) is 14.2 Å². The summed E-state index contributed by atoms with van der Waals surface area (Å²) in [5, 5.41) is 3.18. The summed E-state index contributed by atoms with van der Waals surface area (Å²) in [5.41, 5.74) is 2.41. The molecule has 13 heavy (non-hydrogen) atoms. The number of rotatable bonds is 3. The van der Waals surface area contributed by atoms with Gasteiger partial charge in [0, 0.05) is 18.3 Å². The Morgan fingerprint density at radius 3 is 2.69 bits per heavy atom. The van der Waals surface area contributed by atoms with E-state index >= 15 is 0 Å². The SMILES string of the molecule is CNC(C)c1cnc(OC)cc1C. The second kappa shape index (κ2) is 4.23. The molecule has 72 valence electrons. The van der Waals surface area contributed by atoms with E-state index in [2.05, 4.69) is 24.1 Å². The smallest absolute Gasteiger partial charge is 0.213 e. The molecule has 1 unspecified atom stereocenters. The number of aromatic nitrogens is 1. The van der Waals surface area contributed by atoms with Crippen molar-refractivity contribution in [1.29, 1.82) is 0 Å². The third kappa shape index (κ3) is 2.18. The van der Waals surface area contributed by atoms with Gasteiger partial charge in [-0.2, -0.15) is 0 Å². The van der Waals surface area contributed by atoms with Crippen molar-refractivity contribution in [1.82, 2.24) is 10.3 Å². The second-order valence-electron chi connectivity index (χ2n) is 3.09. The van der Waals surface area contributed by atoms with Gasteiger partial charge in [-0.1, -0.05) is 0 Å². The van der Waals surface area contributed by atoms with Gasteiger partial charge in [0.05, 0.1) is 7.11 Å². The lowest BCUT2D eigenvalue weighted by Gasteiger charge is -2.13. The topological polar surface area (TPSA) is 34.2 Å². The van der Waals surface area contributed by atoms with E-state index < -0.39 is 0 Å². The molecule has 1 atom stereocenters. The lowest BCUT2D eigenvalue weighted by molar-refractivity contribution is 0.396. The van der Waals surface area contributed by atoms with Crippen LogP contribution in [0, 0.1) is 6.92 Å². The van der Waals surface area contributed by atoms with Crippen molar-refractivity contribution in [3.8, 4) is 5.88 Å². The van der Waals surface area contributed by atoms with Gasteiger partial charge in [-0.3, -0.25) is 0 Å². The van der Waals surface area contributed by atoms with Crippen molar-refractivity contribution < 1.29 is 4.74 Å². The molecule has 3 nitrogen and oxygen atoms in total. The highest BCUT2D eigenvalue weighted by atomic mass is 16.5. The maximum atomic E-state index is 5.03. The van der Waals surface area contributed by atoms with Gasteiger partial charge in [-0.15, -0.1) is 0 Å². The zero-order valence-corrected chi connectivity index (χ0v) is 8.59. The minimum Gasteiger partial charge on any atom is -0.481 e. The van der Waals surface area contributed by atoms with Crippen LogP contribution in [0.4, 0.5) is 0 Å². The van der Waals surface area contributed by atoms with Crippen molar-refractivity contribution in [3.05, 3.63) is 23.4 Å². The molecule has 1 aromatic rings. The van der Waals surface area contributed by atoms with E-state index in [0.717, 1.165) is 0 Å². The van der Waals surface area contributed by atoms with Crippen LogP contribution in [-0.2, 0) is 0 Å². The predicted molar refractivity (Wildman–Crippen MR) is 53.0 cm³/mol. The van der Waals surface area contributed by atoms with Gasteiger partial charge < -0.3 is 10.1 Å².